The molecule has 0 saturated carbocycles. The SMILES string of the molecule is CCC1NC=C(CNc2nc(Cl)c(Cc3c[nH]c4ncc(Cl)cc34)s2)N1. The van der Waals surface area contributed by atoms with Crippen molar-refractivity contribution in [1.29, 1.82) is 0 Å². The third kappa shape index (κ3) is 3.60. The molecule has 1 atom stereocenters. The molecule has 136 valence electrons. The minimum atomic E-state index is 0.310. The molecule has 0 spiro atoms. The number of nitrogens with one attached hydrogen (secondary N) is 4. The summed E-state index contributed by atoms with van der Waals surface area (Å²) in [5.41, 5.74) is 3.03. The molecule has 26 heavy (non-hydrogen) atoms. The van der Waals surface area contributed by atoms with Gasteiger partial charge in [-0.15, -0.1) is 11.3 Å². The lowest BCUT2D eigenvalue weighted by atomic mass is 10.1. The summed E-state index contributed by atoms with van der Waals surface area (Å²) in [5, 5.41) is 13.0. The van der Waals surface area contributed by atoms with Gasteiger partial charge < -0.3 is 20.9 Å². The number of aromatic amines is 1. The van der Waals surface area contributed by atoms with Crippen LogP contribution in [0.4, 0.5) is 5.13 Å². The average molecular weight is 409 g/mol. The van der Waals surface area contributed by atoms with E-state index in [9.17, 15) is 0 Å². The first-order valence-electron chi connectivity index (χ1n) is 8.34. The van der Waals surface area contributed by atoms with E-state index in [0.29, 0.717) is 29.3 Å². The number of hydrogen-bond acceptors (Lipinski definition) is 6. The van der Waals surface area contributed by atoms with Crippen LogP contribution in [-0.4, -0.2) is 27.7 Å². The number of halogens is 2. The summed E-state index contributed by atoms with van der Waals surface area (Å²) in [4.78, 5) is 12.9. The summed E-state index contributed by atoms with van der Waals surface area (Å²) in [6.07, 6.45) is 7.60. The van der Waals surface area contributed by atoms with Gasteiger partial charge in [0.1, 0.15) is 10.8 Å². The molecule has 1 aliphatic rings. The fourth-order valence-corrected chi connectivity index (χ4v) is 4.22. The quantitative estimate of drug-likeness (QED) is 0.493. The highest BCUT2D eigenvalue weighted by atomic mass is 35.5. The van der Waals surface area contributed by atoms with Crippen molar-refractivity contribution in [2.45, 2.75) is 25.9 Å². The summed E-state index contributed by atoms with van der Waals surface area (Å²) in [6.45, 7) is 2.81. The molecule has 9 heteroatoms. The molecule has 4 N–H and O–H groups in total. The van der Waals surface area contributed by atoms with Gasteiger partial charge in [0.15, 0.2) is 5.13 Å². The predicted octanol–water partition coefficient (Wildman–Crippen LogP) is 4.10. The van der Waals surface area contributed by atoms with E-state index in [4.69, 9.17) is 23.2 Å². The van der Waals surface area contributed by atoms with Gasteiger partial charge in [-0.25, -0.2) is 9.97 Å². The number of thiazole rings is 1. The van der Waals surface area contributed by atoms with E-state index >= 15 is 0 Å². The minimum Gasteiger partial charge on any atom is -0.370 e. The molecule has 0 saturated heterocycles. The number of nitrogens with zero attached hydrogens (tertiary/aromatic N) is 2. The third-order valence-electron chi connectivity index (χ3n) is 4.24. The van der Waals surface area contributed by atoms with Gasteiger partial charge in [0.25, 0.3) is 0 Å². The van der Waals surface area contributed by atoms with E-state index in [-0.39, 0.29) is 0 Å². The summed E-state index contributed by atoms with van der Waals surface area (Å²) in [7, 11) is 0. The molecule has 4 heterocycles. The smallest absolute Gasteiger partial charge is 0.184 e. The second-order valence-corrected chi connectivity index (χ2v) is 7.95. The lowest BCUT2D eigenvalue weighted by molar-refractivity contribution is 0.542. The highest BCUT2D eigenvalue weighted by Gasteiger charge is 2.15. The van der Waals surface area contributed by atoms with E-state index in [1.165, 1.54) is 0 Å². The van der Waals surface area contributed by atoms with E-state index in [1.54, 1.807) is 17.5 Å². The van der Waals surface area contributed by atoms with Gasteiger partial charge in [-0.2, -0.15) is 0 Å². The van der Waals surface area contributed by atoms with Crippen LogP contribution in [0.3, 0.4) is 0 Å². The fourth-order valence-electron chi connectivity index (χ4n) is 2.87. The van der Waals surface area contributed by atoms with E-state index < -0.39 is 0 Å². The Bertz CT molecular complexity index is 963. The largest absolute Gasteiger partial charge is 0.370 e. The Morgan fingerprint density at radius 3 is 3.04 bits per heavy atom. The summed E-state index contributed by atoms with van der Waals surface area (Å²) < 4.78 is 0. The van der Waals surface area contributed by atoms with Crippen LogP contribution >= 0.6 is 34.5 Å². The molecule has 0 amide bonds. The van der Waals surface area contributed by atoms with Gasteiger partial charge in [0.2, 0.25) is 0 Å². The third-order valence-corrected chi connectivity index (χ3v) is 5.89. The zero-order valence-corrected chi connectivity index (χ0v) is 16.4. The lowest BCUT2D eigenvalue weighted by Crippen LogP contribution is -2.32. The van der Waals surface area contributed by atoms with Gasteiger partial charge in [-0.3, -0.25) is 0 Å². The maximum absolute atomic E-state index is 6.35. The normalized spacial score (nSPS) is 16.4. The van der Waals surface area contributed by atoms with Crippen LogP contribution in [0.5, 0.6) is 0 Å². The standard InChI is InChI=1S/C17H18Cl2N6S/c1-2-14-20-7-11(24-14)8-23-17-25-15(19)13(26-17)3-9-5-21-16-12(9)4-10(18)6-22-16/h4-7,14,20,24H,2-3,8H2,1H3,(H,21,22)(H,23,25). The second kappa shape index (κ2) is 7.34. The van der Waals surface area contributed by atoms with Gasteiger partial charge in [0.05, 0.1) is 22.6 Å². The Morgan fingerprint density at radius 1 is 1.35 bits per heavy atom. The molecule has 4 rings (SSSR count). The summed E-state index contributed by atoms with van der Waals surface area (Å²) >= 11 is 14.0. The van der Waals surface area contributed by atoms with Crippen molar-refractivity contribution in [2.24, 2.45) is 0 Å². The van der Waals surface area contributed by atoms with Crippen molar-refractivity contribution in [3.8, 4) is 0 Å². The van der Waals surface area contributed by atoms with Gasteiger partial charge in [0, 0.05) is 36.1 Å². The summed E-state index contributed by atoms with van der Waals surface area (Å²) in [5.74, 6) is 0. The van der Waals surface area contributed by atoms with Crippen LogP contribution < -0.4 is 16.0 Å². The molecule has 1 unspecified atom stereocenters. The average Bonchev–Trinajstić information content (AvgIpc) is 3.33. The van der Waals surface area contributed by atoms with Gasteiger partial charge in [-0.1, -0.05) is 30.1 Å². The molecule has 1 aliphatic heterocycles. The zero-order valence-electron chi connectivity index (χ0n) is 14.1. The van der Waals surface area contributed by atoms with Crippen LogP contribution in [0.15, 0.2) is 30.4 Å². The predicted molar refractivity (Wildman–Crippen MR) is 108 cm³/mol. The first kappa shape index (κ1) is 17.5. The van der Waals surface area contributed by atoms with Crippen molar-refractivity contribution in [1.82, 2.24) is 25.6 Å². The van der Waals surface area contributed by atoms with Crippen LogP contribution in [0.2, 0.25) is 10.2 Å². The fraction of sp³-hybridized carbons (Fsp3) is 0.294. The Hall–Kier alpha value is -1.96. The van der Waals surface area contributed by atoms with Crippen LogP contribution in [-0.2, 0) is 6.42 Å². The first-order valence-corrected chi connectivity index (χ1v) is 9.92. The number of fused-ring (bicyclic) bond motifs is 1. The first-order chi connectivity index (χ1) is 12.6. The highest BCUT2D eigenvalue weighted by molar-refractivity contribution is 7.16. The van der Waals surface area contributed by atoms with Crippen LogP contribution in [0.25, 0.3) is 11.0 Å². The number of rotatable bonds is 6. The zero-order chi connectivity index (χ0) is 18.1. The lowest BCUT2D eigenvalue weighted by Gasteiger charge is -2.11. The minimum absolute atomic E-state index is 0.310. The maximum Gasteiger partial charge on any atom is 0.184 e. The number of aromatic nitrogens is 3. The summed E-state index contributed by atoms with van der Waals surface area (Å²) in [6, 6.07) is 1.92. The van der Waals surface area contributed by atoms with Gasteiger partial charge in [-0.05, 0) is 18.1 Å². The van der Waals surface area contributed by atoms with E-state index in [1.807, 2.05) is 18.5 Å². The molecule has 0 aromatic carbocycles. The Balaban J connectivity index is 1.45. The second-order valence-electron chi connectivity index (χ2n) is 6.07. The number of H-pyrrole nitrogens is 1. The van der Waals surface area contributed by atoms with Crippen LogP contribution in [0.1, 0.15) is 23.8 Å². The molecule has 6 nitrogen and oxygen atoms in total. The number of hydrogen-bond donors (Lipinski definition) is 4. The monoisotopic (exact) mass is 408 g/mol. The molecule has 0 radical (unpaired) electrons. The molecular weight excluding hydrogens is 391 g/mol. The van der Waals surface area contributed by atoms with Crippen molar-refractivity contribution in [3.05, 3.63) is 51.0 Å². The number of pyridine rings is 1. The Labute approximate surface area is 165 Å². The van der Waals surface area contributed by atoms with Gasteiger partial charge >= 0.3 is 0 Å². The van der Waals surface area contributed by atoms with Crippen molar-refractivity contribution in [2.75, 3.05) is 11.9 Å². The molecule has 0 aliphatic carbocycles. The molecule has 0 fully saturated rings. The molecule has 3 aromatic rings. The van der Waals surface area contributed by atoms with Crippen LogP contribution in [0, 0.1) is 0 Å². The molecule has 0 bridgehead atoms. The Kier molecular flexibility index (Phi) is 4.93. The van der Waals surface area contributed by atoms with Crippen molar-refractivity contribution in [3.63, 3.8) is 0 Å². The number of anilines is 1. The van der Waals surface area contributed by atoms with E-state index in [0.717, 1.165) is 38.7 Å². The van der Waals surface area contributed by atoms with Crippen molar-refractivity contribution >= 4 is 50.7 Å². The topological polar surface area (TPSA) is 77.7 Å². The maximum atomic E-state index is 6.35. The molecule has 3 aromatic heterocycles. The molecular formula is C17H18Cl2N6S. The van der Waals surface area contributed by atoms with Crippen molar-refractivity contribution < 1.29 is 0 Å². The Morgan fingerprint density at radius 2 is 2.23 bits per heavy atom. The highest BCUT2D eigenvalue weighted by Crippen LogP contribution is 2.31. The van der Waals surface area contributed by atoms with E-state index in [2.05, 4.69) is 37.8 Å².